The van der Waals surface area contributed by atoms with Gasteiger partial charge in [-0.2, -0.15) is 0 Å². The number of hydrogen-bond donors (Lipinski definition) is 3. The highest BCUT2D eigenvalue weighted by Gasteiger charge is 2.26. The van der Waals surface area contributed by atoms with Gasteiger partial charge in [0.1, 0.15) is 6.54 Å². The Morgan fingerprint density at radius 1 is 1.07 bits per heavy atom. The molecule has 0 aliphatic rings. The highest BCUT2D eigenvalue weighted by Crippen LogP contribution is 2.13. The molecule has 1 aromatic rings. The van der Waals surface area contributed by atoms with Gasteiger partial charge in [0, 0.05) is 53.5 Å². The Hall–Kier alpha value is -2.04. The topological polar surface area (TPSA) is 89.1 Å². The van der Waals surface area contributed by atoms with Gasteiger partial charge >= 0.3 is 0 Å². The van der Waals surface area contributed by atoms with Crippen LogP contribution in [0.1, 0.15) is 20.3 Å². The van der Waals surface area contributed by atoms with Crippen LogP contribution in [0.4, 0.5) is 5.69 Å². The molecule has 3 N–H and O–H groups in total. The summed E-state index contributed by atoms with van der Waals surface area (Å²) in [6.45, 7) is 5.74. The smallest absolute Gasteiger partial charge is 0.243 e. The number of carbonyl (C=O) groups excluding carboxylic acids is 2. The third-order valence-corrected chi connectivity index (χ3v) is 4.57. The number of likely N-dealkylation sites (N-methyl/N-ethyl adjacent to an activating group) is 1. The molecule has 0 saturated heterocycles. The van der Waals surface area contributed by atoms with Crippen molar-refractivity contribution in [3.05, 3.63) is 30.3 Å². The van der Waals surface area contributed by atoms with Gasteiger partial charge in [0.15, 0.2) is 5.96 Å². The molecule has 30 heavy (non-hydrogen) atoms. The van der Waals surface area contributed by atoms with Crippen LogP contribution >= 0.6 is 24.0 Å². The fraction of sp³-hybridized carbons (Fsp3) is 0.571. The molecule has 1 rings (SSSR count). The Morgan fingerprint density at radius 3 is 2.27 bits per heavy atom. The predicted molar refractivity (Wildman–Crippen MR) is 135 cm³/mol. The van der Waals surface area contributed by atoms with E-state index in [9.17, 15) is 9.59 Å². The number of amides is 2. The summed E-state index contributed by atoms with van der Waals surface area (Å²) in [4.78, 5) is 31.9. The Labute approximate surface area is 197 Å². The van der Waals surface area contributed by atoms with Crippen molar-refractivity contribution in [2.75, 3.05) is 59.3 Å². The monoisotopic (exact) mass is 532 g/mol. The second-order valence-corrected chi connectivity index (χ2v) is 7.81. The SMILES string of the molecule is CNC(=O)C(C)(C)CNC(=NCC(=O)N(C)C)NCCCN(C)c1ccccc1.I. The minimum Gasteiger partial charge on any atom is -0.375 e. The van der Waals surface area contributed by atoms with E-state index in [0.29, 0.717) is 19.0 Å². The number of carbonyl (C=O) groups is 2. The summed E-state index contributed by atoms with van der Waals surface area (Å²) in [7, 11) is 7.08. The van der Waals surface area contributed by atoms with Crippen molar-refractivity contribution in [3.63, 3.8) is 0 Å². The summed E-state index contributed by atoms with van der Waals surface area (Å²) in [5.41, 5.74) is 0.569. The standard InChI is InChI=1S/C21H36N6O2.HI/c1-21(2,19(29)22-3)16-25-20(24-15-18(28)26(4)5)23-13-10-14-27(6)17-11-8-7-9-12-17;/h7-9,11-12H,10,13-16H2,1-6H3,(H,22,29)(H2,23,24,25);1H. The van der Waals surface area contributed by atoms with E-state index < -0.39 is 5.41 Å². The number of hydrogen-bond acceptors (Lipinski definition) is 4. The molecular formula is C21H37IN6O2. The van der Waals surface area contributed by atoms with Crippen molar-refractivity contribution in [3.8, 4) is 0 Å². The summed E-state index contributed by atoms with van der Waals surface area (Å²) in [5.74, 6) is 0.387. The lowest BCUT2D eigenvalue weighted by molar-refractivity contribution is -0.128. The van der Waals surface area contributed by atoms with Crippen LogP contribution in [0.5, 0.6) is 0 Å². The molecule has 0 aliphatic heterocycles. The summed E-state index contributed by atoms with van der Waals surface area (Å²) in [5, 5.41) is 9.11. The number of aliphatic imine (C=N–C) groups is 1. The Balaban J connectivity index is 0.00000841. The van der Waals surface area contributed by atoms with E-state index in [0.717, 1.165) is 13.0 Å². The number of halogens is 1. The second kappa shape index (κ2) is 14.1. The van der Waals surface area contributed by atoms with Crippen molar-refractivity contribution >= 4 is 47.4 Å². The quantitative estimate of drug-likeness (QED) is 0.184. The van der Waals surface area contributed by atoms with Gasteiger partial charge in [-0.1, -0.05) is 18.2 Å². The molecule has 0 atom stereocenters. The fourth-order valence-electron chi connectivity index (χ4n) is 2.52. The lowest BCUT2D eigenvalue weighted by Crippen LogP contribution is -2.47. The molecule has 0 aromatic heterocycles. The molecule has 8 nitrogen and oxygen atoms in total. The summed E-state index contributed by atoms with van der Waals surface area (Å²) >= 11 is 0. The van der Waals surface area contributed by atoms with E-state index in [1.165, 1.54) is 10.6 Å². The number of guanidine groups is 1. The molecule has 170 valence electrons. The Bertz CT molecular complexity index is 679. The number of nitrogens with zero attached hydrogens (tertiary/aromatic N) is 3. The molecule has 9 heteroatoms. The van der Waals surface area contributed by atoms with E-state index in [1.54, 1.807) is 21.1 Å². The van der Waals surface area contributed by atoms with Crippen molar-refractivity contribution in [1.82, 2.24) is 20.9 Å². The maximum Gasteiger partial charge on any atom is 0.243 e. The summed E-state index contributed by atoms with van der Waals surface area (Å²) in [6.07, 6.45) is 0.895. The molecule has 0 unspecified atom stereocenters. The first kappa shape index (κ1) is 28.0. The highest BCUT2D eigenvalue weighted by atomic mass is 127. The second-order valence-electron chi connectivity index (χ2n) is 7.81. The molecular weight excluding hydrogens is 495 g/mol. The van der Waals surface area contributed by atoms with E-state index >= 15 is 0 Å². The number of para-hydroxylation sites is 1. The zero-order valence-corrected chi connectivity index (χ0v) is 21.3. The van der Waals surface area contributed by atoms with E-state index in [1.807, 2.05) is 32.0 Å². The lowest BCUT2D eigenvalue weighted by Gasteiger charge is -2.24. The average molecular weight is 532 g/mol. The molecule has 0 aliphatic carbocycles. The van der Waals surface area contributed by atoms with Gasteiger partial charge in [-0.05, 0) is 32.4 Å². The van der Waals surface area contributed by atoms with Crippen molar-refractivity contribution < 1.29 is 9.59 Å². The number of rotatable bonds is 10. The molecule has 2 amide bonds. The third-order valence-electron chi connectivity index (χ3n) is 4.57. The largest absolute Gasteiger partial charge is 0.375 e. The first-order valence-electron chi connectivity index (χ1n) is 9.88. The summed E-state index contributed by atoms with van der Waals surface area (Å²) < 4.78 is 0. The average Bonchev–Trinajstić information content (AvgIpc) is 2.71. The van der Waals surface area contributed by atoms with Crippen LogP contribution in [0.3, 0.4) is 0 Å². The molecule has 0 saturated carbocycles. The molecule has 0 fully saturated rings. The van der Waals surface area contributed by atoms with Gasteiger partial charge in [0.2, 0.25) is 11.8 Å². The van der Waals surface area contributed by atoms with Gasteiger partial charge in [-0.15, -0.1) is 24.0 Å². The molecule has 0 bridgehead atoms. The van der Waals surface area contributed by atoms with Crippen LogP contribution in [-0.4, -0.2) is 77.0 Å². The van der Waals surface area contributed by atoms with E-state index in [2.05, 4.69) is 45.0 Å². The molecule has 0 heterocycles. The van der Waals surface area contributed by atoms with E-state index in [4.69, 9.17) is 0 Å². The number of anilines is 1. The van der Waals surface area contributed by atoms with Crippen molar-refractivity contribution in [2.24, 2.45) is 10.4 Å². The summed E-state index contributed by atoms with van der Waals surface area (Å²) in [6, 6.07) is 10.2. The van der Waals surface area contributed by atoms with Crippen LogP contribution in [0.25, 0.3) is 0 Å². The molecule has 0 radical (unpaired) electrons. The lowest BCUT2D eigenvalue weighted by atomic mass is 9.92. The predicted octanol–water partition coefficient (Wildman–Crippen LogP) is 1.53. The number of benzene rings is 1. The molecule has 1 aromatic carbocycles. The maximum atomic E-state index is 12.0. The van der Waals surface area contributed by atoms with Crippen LogP contribution in [0.2, 0.25) is 0 Å². The number of nitrogens with one attached hydrogen (secondary N) is 3. The fourth-order valence-corrected chi connectivity index (χ4v) is 2.52. The van der Waals surface area contributed by atoms with Gasteiger partial charge in [0.05, 0.1) is 5.41 Å². The van der Waals surface area contributed by atoms with Crippen LogP contribution in [0.15, 0.2) is 35.3 Å². The first-order chi connectivity index (χ1) is 13.7. The normalized spacial score (nSPS) is 11.2. The van der Waals surface area contributed by atoms with Gasteiger partial charge in [0.25, 0.3) is 0 Å². The van der Waals surface area contributed by atoms with Gasteiger partial charge in [-0.25, -0.2) is 4.99 Å². The minimum absolute atomic E-state index is 0. The Morgan fingerprint density at radius 2 is 1.70 bits per heavy atom. The van der Waals surface area contributed by atoms with E-state index in [-0.39, 0.29) is 42.3 Å². The third kappa shape index (κ3) is 10.1. The first-order valence-corrected chi connectivity index (χ1v) is 9.88. The zero-order valence-electron chi connectivity index (χ0n) is 19.0. The minimum atomic E-state index is -0.601. The maximum absolute atomic E-state index is 12.0. The van der Waals surface area contributed by atoms with Crippen molar-refractivity contribution in [1.29, 1.82) is 0 Å². The zero-order chi connectivity index (χ0) is 21.9. The van der Waals surface area contributed by atoms with Crippen LogP contribution < -0.4 is 20.9 Å². The van der Waals surface area contributed by atoms with Gasteiger partial charge < -0.3 is 25.8 Å². The molecule has 0 spiro atoms. The van der Waals surface area contributed by atoms with Crippen LogP contribution in [0, 0.1) is 5.41 Å². The van der Waals surface area contributed by atoms with Crippen molar-refractivity contribution in [2.45, 2.75) is 20.3 Å². The van der Waals surface area contributed by atoms with Crippen LogP contribution in [-0.2, 0) is 9.59 Å². The van der Waals surface area contributed by atoms with Gasteiger partial charge in [-0.3, -0.25) is 9.59 Å². The Kier molecular flexibility index (Phi) is 13.1. The highest BCUT2D eigenvalue weighted by molar-refractivity contribution is 14.0.